The molecule has 0 saturated carbocycles. The number of ether oxygens (including phenoxy) is 1. The predicted molar refractivity (Wildman–Crippen MR) is 96.2 cm³/mol. The molecule has 0 spiro atoms. The summed E-state index contributed by atoms with van der Waals surface area (Å²) in [5.41, 5.74) is 1.60. The van der Waals surface area contributed by atoms with Crippen LogP contribution in [-0.4, -0.2) is 56.0 Å². The van der Waals surface area contributed by atoms with Gasteiger partial charge in [0.05, 0.1) is 7.11 Å². The standard InChI is InChI=1S/C19H24N2O4/c1-13-15-5-4-14(24-3)12-17(15)25-19(23)16(13)6-7-18(22)21-10-8-20(2)9-11-21/h4-5,12H,6-11H2,1-3H3. The number of benzene rings is 1. The first kappa shape index (κ1) is 17.5. The van der Waals surface area contributed by atoms with E-state index in [1.165, 1.54) is 0 Å². The Balaban J connectivity index is 1.77. The Labute approximate surface area is 147 Å². The number of hydrogen-bond acceptors (Lipinski definition) is 5. The number of carbonyl (C=O) groups is 1. The smallest absolute Gasteiger partial charge is 0.339 e. The maximum atomic E-state index is 12.4. The summed E-state index contributed by atoms with van der Waals surface area (Å²) in [6.07, 6.45) is 0.734. The van der Waals surface area contributed by atoms with E-state index in [-0.39, 0.29) is 11.5 Å². The first-order valence-corrected chi connectivity index (χ1v) is 8.56. The third-order valence-corrected chi connectivity index (χ3v) is 4.94. The molecule has 1 aliphatic heterocycles. The molecule has 1 amide bonds. The molecule has 2 aromatic rings. The van der Waals surface area contributed by atoms with Gasteiger partial charge in [-0.05, 0) is 38.1 Å². The predicted octanol–water partition coefficient (Wildman–Crippen LogP) is 1.82. The van der Waals surface area contributed by atoms with Crippen molar-refractivity contribution in [2.24, 2.45) is 0 Å². The molecule has 25 heavy (non-hydrogen) atoms. The molecule has 0 N–H and O–H groups in total. The highest BCUT2D eigenvalue weighted by atomic mass is 16.5. The highest BCUT2D eigenvalue weighted by Crippen LogP contribution is 2.24. The average Bonchev–Trinajstić information content (AvgIpc) is 2.61. The number of methoxy groups -OCH3 is 1. The third-order valence-electron chi connectivity index (χ3n) is 4.94. The van der Waals surface area contributed by atoms with Crippen molar-refractivity contribution in [3.63, 3.8) is 0 Å². The molecule has 134 valence electrons. The quantitative estimate of drug-likeness (QED) is 0.792. The number of likely N-dealkylation sites (N-methyl/N-ethyl adjacent to an activating group) is 1. The molecule has 1 aromatic heterocycles. The number of piperazine rings is 1. The first-order valence-electron chi connectivity index (χ1n) is 8.56. The lowest BCUT2D eigenvalue weighted by Crippen LogP contribution is -2.47. The average molecular weight is 344 g/mol. The van der Waals surface area contributed by atoms with Gasteiger partial charge in [0.1, 0.15) is 11.3 Å². The molecule has 0 bridgehead atoms. The molecule has 6 heteroatoms. The van der Waals surface area contributed by atoms with E-state index in [0.29, 0.717) is 29.7 Å². The molecule has 0 radical (unpaired) electrons. The van der Waals surface area contributed by atoms with Gasteiger partial charge in [0.15, 0.2) is 0 Å². The number of carbonyl (C=O) groups excluding carboxylic acids is 1. The van der Waals surface area contributed by atoms with Crippen LogP contribution in [0.25, 0.3) is 11.0 Å². The highest BCUT2D eigenvalue weighted by Gasteiger charge is 2.20. The van der Waals surface area contributed by atoms with Gasteiger partial charge in [-0.1, -0.05) is 0 Å². The zero-order chi connectivity index (χ0) is 18.0. The molecule has 1 aromatic carbocycles. The maximum Gasteiger partial charge on any atom is 0.339 e. The summed E-state index contributed by atoms with van der Waals surface area (Å²) in [7, 11) is 3.63. The fourth-order valence-electron chi connectivity index (χ4n) is 3.24. The minimum atomic E-state index is -0.371. The minimum absolute atomic E-state index is 0.0988. The van der Waals surface area contributed by atoms with Gasteiger partial charge in [0.25, 0.3) is 0 Å². The second-order valence-electron chi connectivity index (χ2n) is 6.54. The van der Waals surface area contributed by atoms with Gasteiger partial charge in [-0.15, -0.1) is 0 Å². The normalized spacial score (nSPS) is 15.6. The van der Waals surface area contributed by atoms with Crippen LogP contribution < -0.4 is 10.4 Å². The van der Waals surface area contributed by atoms with Crippen LogP contribution in [-0.2, 0) is 11.2 Å². The second kappa shape index (κ2) is 7.27. The SMILES string of the molecule is COc1ccc2c(C)c(CCC(=O)N3CCN(C)CC3)c(=O)oc2c1. The Morgan fingerprint density at radius 2 is 1.96 bits per heavy atom. The Morgan fingerprint density at radius 3 is 2.64 bits per heavy atom. The third kappa shape index (κ3) is 3.69. The molecule has 0 unspecified atom stereocenters. The molecular weight excluding hydrogens is 320 g/mol. The number of fused-ring (bicyclic) bond motifs is 1. The van der Waals surface area contributed by atoms with Crippen LogP contribution in [0.3, 0.4) is 0 Å². The van der Waals surface area contributed by atoms with Crippen molar-refractivity contribution < 1.29 is 13.9 Å². The fraction of sp³-hybridized carbons (Fsp3) is 0.474. The van der Waals surface area contributed by atoms with Gasteiger partial charge in [-0.25, -0.2) is 4.79 Å². The lowest BCUT2D eigenvalue weighted by Gasteiger charge is -2.32. The van der Waals surface area contributed by atoms with E-state index in [1.807, 2.05) is 24.0 Å². The maximum absolute atomic E-state index is 12.4. The van der Waals surface area contributed by atoms with E-state index in [4.69, 9.17) is 9.15 Å². The van der Waals surface area contributed by atoms with Gasteiger partial charge in [-0.3, -0.25) is 4.79 Å². The van der Waals surface area contributed by atoms with Crippen LogP contribution in [0.15, 0.2) is 27.4 Å². The highest BCUT2D eigenvalue weighted by molar-refractivity contribution is 5.82. The fourth-order valence-corrected chi connectivity index (χ4v) is 3.24. The van der Waals surface area contributed by atoms with Crippen molar-refractivity contribution in [3.8, 4) is 5.75 Å². The lowest BCUT2D eigenvalue weighted by atomic mass is 10.0. The monoisotopic (exact) mass is 344 g/mol. The van der Waals surface area contributed by atoms with Crippen LogP contribution >= 0.6 is 0 Å². The molecule has 1 fully saturated rings. The van der Waals surface area contributed by atoms with Crippen molar-refractivity contribution in [1.29, 1.82) is 0 Å². The molecule has 1 saturated heterocycles. The van der Waals surface area contributed by atoms with E-state index in [1.54, 1.807) is 13.2 Å². The van der Waals surface area contributed by atoms with Crippen molar-refractivity contribution in [2.45, 2.75) is 19.8 Å². The Morgan fingerprint density at radius 1 is 1.24 bits per heavy atom. The lowest BCUT2D eigenvalue weighted by molar-refractivity contribution is -0.132. The van der Waals surface area contributed by atoms with Gasteiger partial charge in [0.2, 0.25) is 5.91 Å². The summed E-state index contributed by atoms with van der Waals surface area (Å²) < 4.78 is 10.6. The van der Waals surface area contributed by atoms with Crippen LogP contribution in [0, 0.1) is 6.92 Å². The minimum Gasteiger partial charge on any atom is -0.497 e. The number of amides is 1. The van der Waals surface area contributed by atoms with E-state index < -0.39 is 0 Å². The Bertz CT molecular complexity index is 835. The van der Waals surface area contributed by atoms with E-state index in [9.17, 15) is 9.59 Å². The second-order valence-corrected chi connectivity index (χ2v) is 6.54. The summed E-state index contributed by atoms with van der Waals surface area (Å²) >= 11 is 0. The Kier molecular flexibility index (Phi) is 5.08. The topological polar surface area (TPSA) is 63.0 Å². The summed E-state index contributed by atoms with van der Waals surface area (Å²) in [5.74, 6) is 0.745. The molecule has 1 aliphatic rings. The van der Waals surface area contributed by atoms with Crippen LogP contribution in [0.5, 0.6) is 5.75 Å². The number of rotatable bonds is 4. The number of hydrogen-bond donors (Lipinski definition) is 0. The largest absolute Gasteiger partial charge is 0.497 e. The summed E-state index contributed by atoms with van der Waals surface area (Å²) in [5, 5.41) is 0.877. The summed E-state index contributed by atoms with van der Waals surface area (Å²) in [6, 6.07) is 5.44. The van der Waals surface area contributed by atoms with Crippen molar-refractivity contribution in [2.75, 3.05) is 40.3 Å². The molecule has 6 nitrogen and oxygen atoms in total. The summed E-state index contributed by atoms with van der Waals surface area (Å²) in [4.78, 5) is 28.8. The van der Waals surface area contributed by atoms with Crippen LogP contribution in [0.1, 0.15) is 17.5 Å². The zero-order valence-corrected chi connectivity index (χ0v) is 15.0. The van der Waals surface area contributed by atoms with E-state index in [0.717, 1.165) is 37.1 Å². The molecule has 3 rings (SSSR count). The van der Waals surface area contributed by atoms with Crippen molar-refractivity contribution >= 4 is 16.9 Å². The molecule has 0 aliphatic carbocycles. The molecule has 0 atom stereocenters. The van der Waals surface area contributed by atoms with E-state index in [2.05, 4.69) is 11.9 Å². The van der Waals surface area contributed by atoms with Gasteiger partial charge in [-0.2, -0.15) is 0 Å². The van der Waals surface area contributed by atoms with Gasteiger partial charge < -0.3 is 19.0 Å². The van der Waals surface area contributed by atoms with Gasteiger partial charge >= 0.3 is 5.63 Å². The van der Waals surface area contributed by atoms with Crippen LogP contribution in [0.4, 0.5) is 0 Å². The first-order chi connectivity index (χ1) is 12.0. The molecule has 2 heterocycles. The zero-order valence-electron chi connectivity index (χ0n) is 15.0. The summed E-state index contributed by atoms with van der Waals surface area (Å²) in [6.45, 7) is 5.19. The molecular formula is C19H24N2O4. The number of aryl methyl sites for hydroxylation is 1. The van der Waals surface area contributed by atoms with Crippen LogP contribution in [0.2, 0.25) is 0 Å². The Hall–Kier alpha value is -2.34. The van der Waals surface area contributed by atoms with Gasteiger partial charge in [0, 0.05) is 49.6 Å². The number of nitrogens with zero attached hydrogens (tertiary/aromatic N) is 2. The van der Waals surface area contributed by atoms with Crippen molar-refractivity contribution in [3.05, 3.63) is 39.7 Å². The van der Waals surface area contributed by atoms with E-state index >= 15 is 0 Å². The van der Waals surface area contributed by atoms with Crippen molar-refractivity contribution in [1.82, 2.24) is 9.80 Å².